The van der Waals surface area contributed by atoms with Crippen molar-refractivity contribution < 1.29 is 14.7 Å². The molecular formula is C14H25N3O3. The van der Waals surface area contributed by atoms with E-state index in [4.69, 9.17) is 9.63 Å². The number of aliphatic hydroxyl groups excluding tert-OH is 2. The van der Waals surface area contributed by atoms with Crippen LogP contribution in [-0.2, 0) is 6.54 Å². The third kappa shape index (κ3) is 4.02. The van der Waals surface area contributed by atoms with Gasteiger partial charge in [0.25, 0.3) is 0 Å². The Morgan fingerprint density at radius 3 is 2.75 bits per heavy atom. The lowest BCUT2D eigenvalue weighted by Gasteiger charge is -2.23. The number of rotatable bonds is 7. The van der Waals surface area contributed by atoms with Crippen molar-refractivity contribution in [1.82, 2.24) is 15.0 Å². The molecule has 1 fully saturated rings. The first-order valence-electron chi connectivity index (χ1n) is 7.17. The summed E-state index contributed by atoms with van der Waals surface area (Å²) >= 11 is 0. The molecule has 1 saturated heterocycles. The Morgan fingerprint density at radius 2 is 2.15 bits per heavy atom. The number of aryl methyl sites for hydroxylation is 1. The van der Waals surface area contributed by atoms with Crippen LogP contribution < -0.4 is 0 Å². The molecule has 114 valence electrons. The summed E-state index contributed by atoms with van der Waals surface area (Å²) in [4.78, 5) is 4.42. The van der Waals surface area contributed by atoms with Crippen LogP contribution in [0.25, 0.3) is 0 Å². The topological polar surface area (TPSA) is 73.0 Å². The summed E-state index contributed by atoms with van der Waals surface area (Å²) in [7, 11) is 2.01. The van der Waals surface area contributed by atoms with Crippen molar-refractivity contribution >= 4 is 0 Å². The molecule has 20 heavy (non-hydrogen) atoms. The molecule has 2 rings (SSSR count). The summed E-state index contributed by atoms with van der Waals surface area (Å²) < 4.78 is 5.25. The van der Waals surface area contributed by atoms with Crippen molar-refractivity contribution in [3.8, 4) is 0 Å². The van der Waals surface area contributed by atoms with Gasteiger partial charge in [-0.3, -0.25) is 4.90 Å². The quantitative estimate of drug-likeness (QED) is 0.731. The first-order chi connectivity index (χ1) is 9.62. The minimum absolute atomic E-state index is 0.175. The average molecular weight is 283 g/mol. The van der Waals surface area contributed by atoms with Crippen LogP contribution in [0.2, 0.25) is 0 Å². The summed E-state index contributed by atoms with van der Waals surface area (Å²) in [6, 6.07) is 1.96. The fourth-order valence-electron chi connectivity index (χ4n) is 2.95. The van der Waals surface area contributed by atoms with Gasteiger partial charge in [-0.25, -0.2) is 0 Å². The Balaban J connectivity index is 1.88. The maximum atomic E-state index is 9.54. The van der Waals surface area contributed by atoms with Gasteiger partial charge in [0.15, 0.2) is 5.76 Å². The predicted octanol–water partition coefficient (Wildman–Crippen LogP) is -0.0526. The van der Waals surface area contributed by atoms with Crippen LogP contribution in [0.1, 0.15) is 11.5 Å². The lowest BCUT2D eigenvalue weighted by Crippen LogP contribution is -2.32. The van der Waals surface area contributed by atoms with Crippen molar-refractivity contribution in [2.24, 2.45) is 11.8 Å². The van der Waals surface area contributed by atoms with E-state index in [2.05, 4.69) is 15.0 Å². The molecule has 6 nitrogen and oxygen atoms in total. The highest BCUT2D eigenvalue weighted by Gasteiger charge is 2.33. The summed E-state index contributed by atoms with van der Waals surface area (Å²) in [6.07, 6.45) is 0. The maximum Gasteiger partial charge on any atom is 0.150 e. The van der Waals surface area contributed by atoms with Gasteiger partial charge in [-0.05, 0) is 25.8 Å². The normalized spacial score (nSPS) is 23.9. The van der Waals surface area contributed by atoms with Crippen molar-refractivity contribution in [3.63, 3.8) is 0 Å². The van der Waals surface area contributed by atoms with E-state index in [1.165, 1.54) is 0 Å². The second-order valence-electron chi connectivity index (χ2n) is 5.82. The number of hydrogen-bond acceptors (Lipinski definition) is 6. The summed E-state index contributed by atoms with van der Waals surface area (Å²) in [5, 5.41) is 22.4. The molecule has 6 heteroatoms. The smallest absolute Gasteiger partial charge is 0.150 e. The highest BCUT2D eigenvalue weighted by atomic mass is 16.5. The van der Waals surface area contributed by atoms with E-state index in [9.17, 15) is 5.11 Å². The SMILES string of the molecule is Cc1cc(CN2C[C@@H](CN(C)CCO)[C@@H](CO)C2)on1. The molecule has 0 bridgehead atoms. The standard InChI is InChI=1S/C14H25N3O3/c1-11-5-14(20-15-11)9-17-7-12(13(8-17)10-19)6-16(2)3-4-18/h5,12-13,18-19H,3-4,6-10H2,1-2H3/t12-,13-/m1/s1. The molecule has 0 amide bonds. The zero-order chi connectivity index (χ0) is 14.5. The van der Waals surface area contributed by atoms with Gasteiger partial charge in [0.1, 0.15) is 0 Å². The monoisotopic (exact) mass is 283 g/mol. The molecule has 1 aromatic rings. The maximum absolute atomic E-state index is 9.54. The van der Waals surface area contributed by atoms with Gasteiger partial charge >= 0.3 is 0 Å². The Kier molecular flexibility index (Phi) is 5.54. The third-order valence-corrected chi connectivity index (χ3v) is 3.97. The van der Waals surface area contributed by atoms with Crippen LogP contribution >= 0.6 is 0 Å². The first kappa shape index (κ1) is 15.4. The molecule has 0 unspecified atom stereocenters. The Labute approximate surface area is 120 Å². The largest absolute Gasteiger partial charge is 0.396 e. The highest BCUT2D eigenvalue weighted by molar-refractivity contribution is 5.03. The molecule has 1 aliphatic heterocycles. The molecule has 1 aromatic heterocycles. The third-order valence-electron chi connectivity index (χ3n) is 3.97. The summed E-state index contributed by atoms with van der Waals surface area (Å²) in [5.41, 5.74) is 0.900. The number of aliphatic hydroxyl groups is 2. The molecule has 1 aliphatic rings. The van der Waals surface area contributed by atoms with Crippen molar-refractivity contribution in [3.05, 3.63) is 17.5 Å². The van der Waals surface area contributed by atoms with Crippen LogP contribution in [0.3, 0.4) is 0 Å². The van der Waals surface area contributed by atoms with Gasteiger partial charge in [0, 0.05) is 38.9 Å². The Hall–Kier alpha value is -0.950. The molecular weight excluding hydrogens is 258 g/mol. The van der Waals surface area contributed by atoms with E-state index >= 15 is 0 Å². The highest BCUT2D eigenvalue weighted by Crippen LogP contribution is 2.25. The molecule has 0 aromatic carbocycles. The van der Waals surface area contributed by atoms with Crippen LogP contribution in [-0.4, -0.2) is 71.6 Å². The van der Waals surface area contributed by atoms with E-state index in [-0.39, 0.29) is 13.2 Å². The van der Waals surface area contributed by atoms with Crippen LogP contribution in [0.4, 0.5) is 0 Å². The van der Waals surface area contributed by atoms with Crippen LogP contribution in [0, 0.1) is 18.8 Å². The van der Waals surface area contributed by atoms with Crippen molar-refractivity contribution in [2.75, 3.05) is 46.4 Å². The van der Waals surface area contributed by atoms with E-state index in [0.717, 1.165) is 37.6 Å². The molecule has 0 aliphatic carbocycles. The second-order valence-corrected chi connectivity index (χ2v) is 5.82. The molecule has 2 atom stereocenters. The van der Waals surface area contributed by atoms with Gasteiger partial charge in [0.05, 0.1) is 18.8 Å². The van der Waals surface area contributed by atoms with E-state index in [0.29, 0.717) is 18.4 Å². The number of likely N-dealkylation sites (tertiary alicyclic amines) is 1. The fourth-order valence-corrected chi connectivity index (χ4v) is 2.95. The Morgan fingerprint density at radius 1 is 1.40 bits per heavy atom. The number of hydrogen-bond donors (Lipinski definition) is 2. The van der Waals surface area contributed by atoms with Crippen molar-refractivity contribution in [2.45, 2.75) is 13.5 Å². The molecule has 0 saturated carbocycles. The minimum Gasteiger partial charge on any atom is -0.396 e. The van der Waals surface area contributed by atoms with Gasteiger partial charge in [-0.1, -0.05) is 5.16 Å². The zero-order valence-corrected chi connectivity index (χ0v) is 12.3. The predicted molar refractivity (Wildman–Crippen MR) is 75.2 cm³/mol. The summed E-state index contributed by atoms with van der Waals surface area (Å²) in [6.45, 7) is 6.46. The number of aromatic nitrogens is 1. The number of nitrogens with zero attached hydrogens (tertiary/aromatic N) is 3. The molecule has 0 spiro atoms. The lowest BCUT2D eigenvalue weighted by molar-refractivity contribution is 0.160. The molecule has 0 radical (unpaired) electrons. The lowest BCUT2D eigenvalue weighted by atomic mass is 9.96. The molecule has 2 heterocycles. The zero-order valence-electron chi connectivity index (χ0n) is 12.3. The van der Waals surface area contributed by atoms with E-state index < -0.39 is 0 Å². The second kappa shape index (κ2) is 7.17. The van der Waals surface area contributed by atoms with E-state index in [1.807, 2.05) is 20.0 Å². The summed E-state index contributed by atoms with van der Waals surface area (Å²) in [5.74, 6) is 1.60. The van der Waals surface area contributed by atoms with Crippen molar-refractivity contribution in [1.29, 1.82) is 0 Å². The number of likely N-dealkylation sites (N-methyl/N-ethyl adjacent to an activating group) is 1. The molecule has 2 N–H and O–H groups in total. The fraction of sp³-hybridized carbons (Fsp3) is 0.786. The first-order valence-corrected chi connectivity index (χ1v) is 7.17. The average Bonchev–Trinajstić information content (AvgIpc) is 2.96. The van der Waals surface area contributed by atoms with Gasteiger partial charge < -0.3 is 19.6 Å². The van der Waals surface area contributed by atoms with Gasteiger partial charge in [-0.15, -0.1) is 0 Å². The Bertz CT molecular complexity index is 410. The van der Waals surface area contributed by atoms with Crippen LogP contribution in [0.15, 0.2) is 10.6 Å². The van der Waals surface area contributed by atoms with Gasteiger partial charge in [-0.2, -0.15) is 0 Å². The minimum atomic E-state index is 0.175. The van der Waals surface area contributed by atoms with E-state index in [1.54, 1.807) is 0 Å². The van der Waals surface area contributed by atoms with Gasteiger partial charge in [0.2, 0.25) is 0 Å². The van der Waals surface area contributed by atoms with Crippen LogP contribution in [0.5, 0.6) is 0 Å².